The molecule has 0 atom stereocenters. The summed E-state index contributed by atoms with van der Waals surface area (Å²) in [6, 6.07) is 7.99. The Bertz CT molecular complexity index is 517. The summed E-state index contributed by atoms with van der Waals surface area (Å²) in [6.07, 6.45) is 0. The predicted octanol–water partition coefficient (Wildman–Crippen LogP) is 2.60. The summed E-state index contributed by atoms with van der Waals surface area (Å²) in [5.41, 5.74) is 9.49. The minimum atomic E-state index is 0.529. The third kappa shape index (κ3) is 1.84. The Morgan fingerprint density at radius 2 is 2.12 bits per heavy atom. The van der Waals surface area contributed by atoms with Gasteiger partial charge in [0.2, 0.25) is 0 Å². The molecule has 0 spiro atoms. The van der Waals surface area contributed by atoms with Crippen LogP contribution < -0.4 is 5.73 Å². The molecular weight excluding hydrogens is 222 g/mol. The second-order valence-corrected chi connectivity index (χ2v) is 4.15. The van der Waals surface area contributed by atoms with Gasteiger partial charge in [0.25, 0.3) is 0 Å². The van der Waals surface area contributed by atoms with E-state index in [1.54, 1.807) is 0 Å². The second kappa shape index (κ2) is 4.28. The van der Waals surface area contributed by atoms with E-state index in [9.17, 15) is 0 Å². The summed E-state index contributed by atoms with van der Waals surface area (Å²) in [5, 5.41) is 5.12. The molecule has 2 rings (SSSR count). The van der Waals surface area contributed by atoms with Gasteiger partial charge >= 0.3 is 0 Å². The van der Waals surface area contributed by atoms with Crippen LogP contribution in [0, 0.1) is 13.8 Å². The lowest BCUT2D eigenvalue weighted by atomic mass is 10.2. The summed E-state index contributed by atoms with van der Waals surface area (Å²) < 4.78 is 1.84. The van der Waals surface area contributed by atoms with E-state index in [2.05, 4.69) is 5.10 Å². The van der Waals surface area contributed by atoms with Crippen molar-refractivity contribution in [2.75, 3.05) is 0 Å². The normalized spacial score (nSPS) is 10.8. The van der Waals surface area contributed by atoms with E-state index in [0.717, 1.165) is 27.7 Å². The van der Waals surface area contributed by atoms with Crippen molar-refractivity contribution in [3.05, 3.63) is 46.2 Å². The van der Waals surface area contributed by atoms with Crippen LogP contribution in [0.15, 0.2) is 24.3 Å². The van der Waals surface area contributed by atoms with Crippen molar-refractivity contribution in [1.82, 2.24) is 9.78 Å². The Balaban J connectivity index is 2.54. The molecule has 1 heterocycles. The number of nitrogens with two attached hydrogens (primary N) is 1. The Kier molecular flexibility index (Phi) is 2.99. The van der Waals surface area contributed by atoms with Gasteiger partial charge in [0.05, 0.1) is 22.1 Å². The molecule has 0 unspecified atom stereocenters. The van der Waals surface area contributed by atoms with Crippen LogP contribution in [0.5, 0.6) is 0 Å². The van der Waals surface area contributed by atoms with E-state index in [4.69, 9.17) is 17.3 Å². The highest BCUT2D eigenvalue weighted by molar-refractivity contribution is 6.31. The molecule has 1 aromatic heterocycles. The average molecular weight is 236 g/mol. The molecule has 0 fully saturated rings. The number of halogens is 1. The van der Waals surface area contributed by atoms with Gasteiger partial charge < -0.3 is 5.73 Å². The Morgan fingerprint density at radius 3 is 2.69 bits per heavy atom. The zero-order valence-electron chi connectivity index (χ0n) is 9.37. The van der Waals surface area contributed by atoms with Gasteiger partial charge in [-0.15, -0.1) is 0 Å². The highest BCUT2D eigenvalue weighted by Crippen LogP contribution is 2.22. The van der Waals surface area contributed by atoms with Gasteiger partial charge in [0.1, 0.15) is 0 Å². The minimum absolute atomic E-state index is 0.529. The van der Waals surface area contributed by atoms with Crippen molar-refractivity contribution >= 4 is 11.6 Å². The largest absolute Gasteiger partial charge is 0.326 e. The van der Waals surface area contributed by atoms with Gasteiger partial charge in [0.15, 0.2) is 0 Å². The number of hydrogen-bond acceptors (Lipinski definition) is 2. The Hall–Kier alpha value is -1.32. The minimum Gasteiger partial charge on any atom is -0.326 e. The van der Waals surface area contributed by atoms with Gasteiger partial charge in [0, 0.05) is 6.54 Å². The SMILES string of the molecule is Cc1nn(-c2cccc(CN)c2)c(C)c1Cl. The molecule has 0 saturated heterocycles. The monoisotopic (exact) mass is 235 g/mol. The predicted molar refractivity (Wildman–Crippen MR) is 65.9 cm³/mol. The fourth-order valence-corrected chi connectivity index (χ4v) is 1.81. The first kappa shape index (κ1) is 11.2. The smallest absolute Gasteiger partial charge is 0.0848 e. The number of rotatable bonds is 2. The van der Waals surface area contributed by atoms with E-state index >= 15 is 0 Å². The quantitative estimate of drug-likeness (QED) is 0.870. The summed E-state index contributed by atoms with van der Waals surface area (Å²) in [6.45, 7) is 4.39. The number of aryl methyl sites for hydroxylation is 1. The molecule has 1 aromatic carbocycles. The molecule has 0 aliphatic heterocycles. The standard InChI is InChI=1S/C12H14ClN3/c1-8-12(13)9(2)16(15-8)11-5-3-4-10(6-11)7-14/h3-6H,7,14H2,1-2H3. The number of aromatic nitrogens is 2. The molecule has 2 N–H and O–H groups in total. The van der Waals surface area contributed by atoms with Gasteiger partial charge in [-0.25, -0.2) is 4.68 Å². The molecule has 2 aromatic rings. The van der Waals surface area contributed by atoms with Crippen LogP contribution in [0.4, 0.5) is 0 Å². The molecule has 0 aliphatic rings. The molecule has 0 amide bonds. The summed E-state index contributed by atoms with van der Waals surface area (Å²) >= 11 is 6.11. The lowest BCUT2D eigenvalue weighted by Crippen LogP contribution is -2.02. The molecule has 3 nitrogen and oxygen atoms in total. The fourth-order valence-electron chi connectivity index (χ4n) is 1.69. The van der Waals surface area contributed by atoms with Crippen LogP contribution in [0.3, 0.4) is 0 Å². The molecule has 0 aliphatic carbocycles. The van der Waals surface area contributed by atoms with Gasteiger partial charge in [-0.2, -0.15) is 5.10 Å². The molecule has 0 bridgehead atoms. The maximum atomic E-state index is 6.11. The van der Waals surface area contributed by atoms with Crippen molar-refractivity contribution < 1.29 is 0 Å². The van der Waals surface area contributed by atoms with Gasteiger partial charge in [-0.3, -0.25) is 0 Å². The van der Waals surface area contributed by atoms with Crippen LogP contribution in [0.2, 0.25) is 5.02 Å². The Morgan fingerprint density at radius 1 is 1.38 bits per heavy atom. The molecule has 84 valence electrons. The number of hydrogen-bond donors (Lipinski definition) is 1. The third-order valence-electron chi connectivity index (χ3n) is 2.59. The van der Waals surface area contributed by atoms with E-state index in [-0.39, 0.29) is 0 Å². The first-order valence-electron chi connectivity index (χ1n) is 5.14. The summed E-state index contributed by atoms with van der Waals surface area (Å²) in [4.78, 5) is 0. The third-order valence-corrected chi connectivity index (χ3v) is 3.14. The van der Waals surface area contributed by atoms with E-state index < -0.39 is 0 Å². The highest BCUT2D eigenvalue weighted by atomic mass is 35.5. The molecule has 16 heavy (non-hydrogen) atoms. The van der Waals surface area contributed by atoms with Crippen LogP contribution in [-0.2, 0) is 6.54 Å². The van der Waals surface area contributed by atoms with Crippen LogP contribution in [0.1, 0.15) is 17.0 Å². The lowest BCUT2D eigenvalue weighted by Gasteiger charge is -2.05. The maximum Gasteiger partial charge on any atom is 0.0848 e. The van der Waals surface area contributed by atoms with Crippen molar-refractivity contribution in [3.8, 4) is 5.69 Å². The van der Waals surface area contributed by atoms with Crippen molar-refractivity contribution in [3.63, 3.8) is 0 Å². The second-order valence-electron chi connectivity index (χ2n) is 3.77. The van der Waals surface area contributed by atoms with Crippen molar-refractivity contribution in [2.45, 2.75) is 20.4 Å². The molecule has 0 saturated carbocycles. The first-order valence-corrected chi connectivity index (χ1v) is 5.52. The molecule has 0 radical (unpaired) electrons. The van der Waals surface area contributed by atoms with Crippen LogP contribution in [0.25, 0.3) is 5.69 Å². The average Bonchev–Trinajstić information content (AvgIpc) is 2.57. The molecular formula is C12H14ClN3. The highest BCUT2D eigenvalue weighted by Gasteiger charge is 2.10. The zero-order chi connectivity index (χ0) is 11.7. The van der Waals surface area contributed by atoms with E-state index in [1.807, 2.05) is 42.8 Å². The van der Waals surface area contributed by atoms with Crippen LogP contribution in [-0.4, -0.2) is 9.78 Å². The van der Waals surface area contributed by atoms with Crippen molar-refractivity contribution in [1.29, 1.82) is 0 Å². The van der Waals surface area contributed by atoms with Gasteiger partial charge in [-0.05, 0) is 31.5 Å². The van der Waals surface area contributed by atoms with E-state index in [1.165, 1.54) is 0 Å². The van der Waals surface area contributed by atoms with Crippen LogP contribution >= 0.6 is 11.6 Å². The summed E-state index contributed by atoms with van der Waals surface area (Å²) in [7, 11) is 0. The first-order chi connectivity index (χ1) is 7.63. The number of nitrogens with zero attached hydrogens (tertiary/aromatic N) is 2. The summed E-state index contributed by atoms with van der Waals surface area (Å²) in [5.74, 6) is 0. The van der Waals surface area contributed by atoms with E-state index in [0.29, 0.717) is 6.54 Å². The zero-order valence-corrected chi connectivity index (χ0v) is 10.1. The van der Waals surface area contributed by atoms with Crippen molar-refractivity contribution in [2.24, 2.45) is 5.73 Å². The molecule has 4 heteroatoms. The topological polar surface area (TPSA) is 43.8 Å². The lowest BCUT2D eigenvalue weighted by molar-refractivity contribution is 0.831. The maximum absolute atomic E-state index is 6.11. The Labute approximate surface area is 99.8 Å². The number of benzene rings is 1. The fraction of sp³-hybridized carbons (Fsp3) is 0.250. The van der Waals surface area contributed by atoms with Gasteiger partial charge in [-0.1, -0.05) is 23.7 Å².